The first-order valence-electron chi connectivity index (χ1n) is 9.87. The van der Waals surface area contributed by atoms with Crippen LogP contribution < -0.4 is 15.0 Å². The van der Waals surface area contributed by atoms with Gasteiger partial charge in [0.15, 0.2) is 0 Å². The molecule has 0 fully saturated rings. The number of sulfonamides is 1. The highest BCUT2D eigenvalue weighted by atomic mass is 35.5. The van der Waals surface area contributed by atoms with E-state index in [1.165, 1.54) is 29.3 Å². The fourth-order valence-electron chi connectivity index (χ4n) is 2.97. The van der Waals surface area contributed by atoms with Crippen molar-refractivity contribution in [3.63, 3.8) is 0 Å². The molecule has 2 aromatic carbocycles. The molecule has 1 heterocycles. The van der Waals surface area contributed by atoms with Gasteiger partial charge in [-0.1, -0.05) is 37.1 Å². The molecule has 0 saturated carbocycles. The molecular formula is C21H23ClN4O4S. The number of carbonyl (C=O) groups is 2. The van der Waals surface area contributed by atoms with Crippen LogP contribution in [-0.2, 0) is 14.8 Å². The molecule has 0 aliphatic carbocycles. The number of nitrogens with one attached hydrogen (secondary N) is 2. The van der Waals surface area contributed by atoms with Crippen molar-refractivity contribution < 1.29 is 18.0 Å². The van der Waals surface area contributed by atoms with Crippen molar-refractivity contribution in [1.82, 2.24) is 10.0 Å². The molecule has 0 bridgehead atoms. The minimum Gasteiger partial charge on any atom is -0.337 e. The number of amides is 3. The number of hydrogen-bond acceptors (Lipinski definition) is 5. The minimum absolute atomic E-state index is 0.0896. The number of anilines is 1. The fraction of sp³-hybridized carbons (Fsp3) is 0.286. The molecule has 0 unspecified atom stereocenters. The van der Waals surface area contributed by atoms with Crippen LogP contribution in [0, 0.1) is 0 Å². The Morgan fingerprint density at radius 2 is 1.77 bits per heavy atom. The van der Waals surface area contributed by atoms with Gasteiger partial charge in [0.05, 0.1) is 16.3 Å². The number of carbonyl (C=O) groups excluding carboxylic acids is 2. The predicted molar refractivity (Wildman–Crippen MR) is 120 cm³/mol. The molecule has 31 heavy (non-hydrogen) atoms. The van der Waals surface area contributed by atoms with Crippen molar-refractivity contribution in [1.29, 1.82) is 0 Å². The topological polar surface area (TPSA) is 108 Å². The number of nitrogens with zero attached hydrogens (tertiary/aromatic N) is 2. The van der Waals surface area contributed by atoms with Gasteiger partial charge in [0, 0.05) is 24.4 Å². The van der Waals surface area contributed by atoms with E-state index in [4.69, 9.17) is 11.6 Å². The SMILES string of the molecule is CCCCNC(=O)NS(=O)(=O)c1ccc(N2N=C(c3ccc(Cl)cc3)CCC2=O)cc1. The van der Waals surface area contributed by atoms with Crippen molar-refractivity contribution in [2.45, 2.75) is 37.5 Å². The highest BCUT2D eigenvalue weighted by molar-refractivity contribution is 7.90. The molecule has 0 radical (unpaired) electrons. The Morgan fingerprint density at radius 1 is 1.10 bits per heavy atom. The molecule has 0 aromatic heterocycles. The summed E-state index contributed by atoms with van der Waals surface area (Å²) in [5, 5.41) is 8.80. The highest BCUT2D eigenvalue weighted by Gasteiger charge is 2.24. The van der Waals surface area contributed by atoms with Gasteiger partial charge in [0.25, 0.3) is 10.0 Å². The minimum atomic E-state index is -4.03. The molecular weight excluding hydrogens is 440 g/mol. The second-order valence-corrected chi connectivity index (χ2v) is 9.09. The van der Waals surface area contributed by atoms with Crippen LogP contribution >= 0.6 is 11.6 Å². The first-order valence-corrected chi connectivity index (χ1v) is 11.7. The Bertz CT molecular complexity index is 1080. The molecule has 10 heteroatoms. The predicted octanol–water partition coefficient (Wildman–Crippen LogP) is 3.66. The van der Waals surface area contributed by atoms with Gasteiger partial charge >= 0.3 is 6.03 Å². The van der Waals surface area contributed by atoms with Crippen LogP contribution in [0.5, 0.6) is 0 Å². The molecule has 2 aromatic rings. The van der Waals surface area contributed by atoms with Crippen molar-refractivity contribution in [2.75, 3.05) is 11.6 Å². The molecule has 0 atom stereocenters. The summed E-state index contributed by atoms with van der Waals surface area (Å²) in [6, 6.07) is 12.0. The standard InChI is InChI=1S/C21H23ClN4O4S/c1-2-3-14-23-21(28)25-31(29,30)18-10-8-17(9-11-18)26-20(27)13-12-19(24-26)15-4-6-16(22)7-5-15/h4-11H,2-3,12-14H2,1H3,(H2,23,25,28). The van der Waals surface area contributed by atoms with E-state index in [9.17, 15) is 18.0 Å². The molecule has 1 aliphatic heterocycles. The Hall–Kier alpha value is -2.91. The van der Waals surface area contributed by atoms with Crippen LogP contribution in [0.25, 0.3) is 0 Å². The third kappa shape index (κ3) is 5.83. The molecule has 164 valence electrons. The van der Waals surface area contributed by atoms with Gasteiger partial charge in [-0.3, -0.25) is 4.79 Å². The van der Waals surface area contributed by atoms with E-state index in [0.29, 0.717) is 23.7 Å². The summed E-state index contributed by atoms with van der Waals surface area (Å²) in [5.74, 6) is -0.193. The lowest BCUT2D eigenvalue weighted by molar-refractivity contribution is -0.118. The highest BCUT2D eigenvalue weighted by Crippen LogP contribution is 2.24. The molecule has 1 aliphatic rings. The summed E-state index contributed by atoms with van der Waals surface area (Å²) in [6.07, 6.45) is 2.41. The maximum Gasteiger partial charge on any atom is 0.328 e. The Balaban J connectivity index is 1.76. The summed E-state index contributed by atoms with van der Waals surface area (Å²) in [6.45, 7) is 2.36. The van der Waals surface area contributed by atoms with E-state index in [-0.39, 0.29) is 17.2 Å². The van der Waals surface area contributed by atoms with E-state index in [1.807, 2.05) is 23.8 Å². The fourth-order valence-corrected chi connectivity index (χ4v) is 4.02. The summed E-state index contributed by atoms with van der Waals surface area (Å²) in [7, 11) is -4.03. The third-order valence-corrected chi connectivity index (χ3v) is 6.24. The molecule has 0 saturated heterocycles. The van der Waals surface area contributed by atoms with Gasteiger partial charge in [0.1, 0.15) is 0 Å². The largest absolute Gasteiger partial charge is 0.337 e. The molecule has 3 amide bonds. The summed E-state index contributed by atoms with van der Waals surface area (Å²) < 4.78 is 26.8. The maximum atomic E-state index is 12.4. The zero-order valence-electron chi connectivity index (χ0n) is 17.0. The second-order valence-electron chi connectivity index (χ2n) is 6.97. The maximum absolute atomic E-state index is 12.4. The second kappa shape index (κ2) is 9.93. The Labute approximate surface area is 186 Å². The number of benzene rings is 2. The molecule has 0 spiro atoms. The first-order chi connectivity index (χ1) is 14.8. The van der Waals surface area contributed by atoms with Gasteiger partial charge in [-0.15, -0.1) is 0 Å². The number of halogens is 1. The average molecular weight is 463 g/mol. The molecule has 8 nitrogen and oxygen atoms in total. The van der Waals surface area contributed by atoms with E-state index in [2.05, 4.69) is 10.4 Å². The lowest BCUT2D eigenvalue weighted by atomic mass is 10.0. The van der Waals surface area contributed by atoms with E-state index in [1.54, 1.807) is 12.1 Å². The van der Waals surface area contributed by atoms with E-state index in [0.717, 1.165) is 24.1 Å². The number of rotatable bonds is 7. The van der Waals surface area contributed by atoms with Gasteiger partial charge in [0.2, 0.25) is 5.91 Å². The van der Waals surface area contributed by atoms with Crippen molar-refractivity contribution in [3.8, 4) is 0 Å². The number of unbranched alkanes of at least 4 members (excludes halogenated alkanes) is 1. The zero-order chi connectivity index (χ0) is 22.4. The van der Waals surface area contributed by atoms with Gasteiger partial charge < -0.3 is 5.32 Å². The Morgan fingerprint density at radius 3 is 2.42 bits per heavy atom. The van der Waals surface area contributed by atoms with E-state index >= 15 is 0 Å². The summed E-state index contributed by atoms with van der Waals surface area (Å²) >= 11 is 5.93. The average Bonchev–Trinajstić information content (AvgIpc) is 2.75. The quantitative estimate of drug-likeness (QED) is 0.612. The summed E-state index contributed by atoms with van der Waals surface area (Å²) in [4.78, 5) is 24.1. The lowest BCUT2D eigenvalue weighted by Crippen LogP contribution is -2.39. The molecule has 2 N–H and O–H groups in total. The lowest BCUT2D eigenvalue weighted by Gasteiger charge is -2.24. The molecule has 3 rings (SSSR count). The van der Waals surface area contributed by atoms with Crippen LogP contribution in [0.15, 0.2) is 58.5 Å². The normalized spacial score (nSPS) is 14.2. The number of urea groups is 1. The van der Waals surface area contributed by atoms with Crippen LogP contribution in [0.2, 0.25) is 5.02 Å². The van der Waals surface area contributed by atoms with Crippen LogP contribution in [0.4, 0.5) is 10.5 Å². The van der Waals surface area contributed by atoms with Crippen LogP contribution in [0.3, 0.4) is 0 Å². The summed E-state index contributed by atoms with van der Waals surface area (Å²) in [5.41, 5.74) is 2.03. The first kappa shape index (κ1) is 22.8. The number of hydrogen-bond donors (Lipinski definition) is 2. The smallest absolute Gasteiger partial charge is 0.328 e. The Kier molecular flexibility index (Phi) is 7.29. The van der Waals surface area contributed by atoms with E-state index < -0.39 is 16.1 Å². The van der Waals surface area contributed by atoms with Crippen molar-refractivity contribution >= 4 is 45.0 Å². The van der Waals surface area contributed by atoms with Gasteiger partial charge in [-0.05, 0) is 48.4 Å². The van der Waals surface area contributed by atoms with Gasteiger partial charge in [-0.2, -0.15) is 5.10 Å². The van der Waals surface area contributed by atoms with Crippen LogP contribution in [0.1, 0.15) is 38.2 Å². The van der Waals surface area contributed by atoms with Crippen molar-refractivity contribution in [2.24, 2.45) is 5.10 Å². The van der Waals surface area contributed by atoms with Crippen LogP contribution in [-0.4, -0.2) is 32.6 Å². The monoisotopic (exact) mass is 462 g/mol. The van der Waals surface area contributed by atoms with Gasteiger partial charge in [-0.25, -0.2) is 22.9 Å². The zero-order valence-corrected chi connectivity index (χ0v) is 18.5. The van der Waals surface area contributed by atoms with Crippen molar-refractivity contribution in [3.05, 3.63) is 59.1 Å². The number of hydrazone groups is 1. The third-order valence-electron chi connectivity index (χ3n) is 4.64.